The summed E-state index contributed by atoms with van der Waals surface area (Å²) in [6.07, 6.45) is 3.82. The second-order valence-electron chi connectivity index (χ2n) is 8.71. The number of ketones is 1. The molecule has 1 saturated heterocycles. The third kappa shape index (κ3) is 3.78. The van der Waals surface area contributed by atoms with Crippen LogP contribution in [0.15, 0.2) is 72.3 Å². The molecule has 0 spiro atoms. The molecular weight excluding hydrogens is 414 g/mol. The van der Waals surface area contributed by atoms with Gasteiger partial charge in [-0.1, -0.05) is 61.4 Å². The third-order valence-corrected chi connectivity index (χ3v) is 6.73. The van der Waals surface area contributed by atoms with E-state index in [4.69, 9.17) is 4.74 Å². The number of benzene rings is 3. The summed E-state index contributed by atoms with van der Waals surface area (Å²) in [4.78, 5) is 28.2. The molecular formula is C28H27NO4. The monoisotopic (exact) mass is 441 g/mol. The minimum absolute atomic E-state index is 0.0000724. The maximum Gasteiger partial charge on any atom is 0.295 e. The van der Waals surface area contributed by atoms with Crippen LogP contribution in [0.2, 0.25) is 0 Å². The quantitative estimate of drug-likeness (QED) is 0.318. The number of aliphatic hydroxyl groups is 1. The molecule has 5 heteroatoms. The molecule has 0 aromatic heterocycles. The first-order valence-corrected chi connectivity index (χ1v) is 11.6. The van der Waals surface area contributed by atoms with Gasteiger partial charge in [0.1, 0.15) is 11.5 Å². The zero-order valence-electron chi connectivity index (χ0n) is 18.7. The van der Waals surface area contributed by atoms with Crippen LogP contribution >= 0.6 is 0 Å². The molecule has 2 aliphatic rings. The normalized spacial score (nSPS) is 20.6. The number of hydrogen-bond acceptors (Lipinski definition) is 4. The Labute approximate surface area is 193 Å². The molecule has 0 bridgehead atoms. The van der Waals surface area contributed by atoms with Crippen molar-refractivity contribution in [3.8, 4) is 5.75 Å². The molecule has 1 N–H and O–H groups in total. The molecule has 1 atom stereocenters. The first-order valence-electron chi connectivity index (χ1n) is 11.6. The van der Waals surface area contributed by atoms with Crippen molar-refractivity contribution < 1.29 is 19.4 Å². The van der Waals surface area contributed by atoms with Crippen LogP contribution in [0, 0.1) is 0 Å². The predicted octanol–water partition coefficient (Wildman–Crippen LogP) is 5.60. The Hall–Kier alpha value is -3.60. The van der Waals surface area contributed by atoms with Gasteiger partial charge in [-0.3, -0.25) is 9.59 Å². The number of carbonyl (C=O) groups is 2. The highest BCUT2D eigenvalue weighted by molar-refractivity contribution is 6.46. The van der Waals surface area contributed by atoms with Crippen molar-refractivity contribution in [2.45, 2.75) is 44.7 Å². The molecule has 5 nitrogen and oxygen atoms in total. The molecule has 2 fully saturated rings. The van der Waals surface area contributed by atoms with Gasteiger partial charge in [0.05, 0.1) is 18.2 Å². The lowest BCUT2D eigenvalue weighted by Gasteiger charge is -2.30. The second kappa shape index (κ2) is 8.74. The van der Waals surface area contributed by atoms with E-state index in [0.29, 0.717) is 12.2 Å². The fourth-order valence-corrected chi connectivity index (χ4v) is 5.14. The number of aliphatic hydroxyl groups excluding tert-OH is 1. The van der Waals surface area contributed by atoms with Crippen LogP contribution in [0.3, 0.4) is 0 Å². The van der Waals surface area contributed by atoms with E-state index in [1.54, 1.807) is 11.0 Å². The highest BCUT2D eigenvalue weighted by Gasteiger charge is 2.49. The summed E-state index contributed by atoms with van der Waals surface area (Å²) in [6, 6.07) is 20.3. The summed E-state index contributed by atoms with van der Waals surface area (Å²) in [5, 5.41) is 13.4. The summed E-state index contributed by atoms with van der Waals surface area (Å²) in [6.45, 7) is 2.48. The molecule has 5 rings (SSSR count). The number of amides is 1. The van der Waals surface area contributed by atoms with Crippen LogP contribution in [-0.2, 0) is 9.59 Å². The van der Waals surface area contributed by atoms with Gasteiger partial charge >= 0.3 is 0 Å². The number of nitrogens with zero attached hydrogens (tertiary/aromatic N) is 1. The van der Waals surface area contributed by atoms with E-state index in [1.165, 1.54) is 0 Å². The first kappa shape index (κ1) is 21.3. The van der Waals surface area contributed by atoms with Gasteiger partial charge in [-0.15, -0.1) is 0 Å². The van der Waals surface area contributed by atoms with Crippen LogP contribution in [0.1, 0.15) is 49.8 Å². The van der Waals surface area contributed by atoms with E-state index >= 15 is 0 Å². The maximum absolute atomic E-state index is 13.3. The molecule has 1 heterocycles. The van der Waals surface area contributed by atoms with Crippen LogP contribution in [0.5, 0.6) is 5.75 Å². The molecule has 3 aromatic carbocycles. The number of rotatable bonds is 5. The lowest BCUT2D eigenvalue weighted by Crippen LogP contribution is -2.37. The summed E-state index contributed by atoms with van der Waals surface area (Å²) >= 11 is 0. The van der Waals surface area contributed by atoms with Crippen molar-refractivity contribution >= 4 is 28.2 Å². The van der Waals surface area contributed by atoms with Gasteiger partial charge in [0.2, 0.25) is 0 Å². The Bertz CT molecular complexity index is 1240. The van der Waals surface area contributed by atoms with E-state index in [0.717, 1.165) is 47.8 Å². The average Bonchev–Trinajstić information content (AvgIpc) is 3.46. The van der Waals surface area contributed by atoms with Gasteiger partial charge in [-0.05, 0) is 54.3 Å². The van der Waals surface area contributed by atoms with Crippen molar-refractivity contribution in [3.63, 3.8) is 0 Å². The Morgan fingerprint density at radius 1 is 0.970 bits per heavy atom. The lowest BCUT2D eigenvalue weighted by atomic mass is 9.94. The van der Waals surface area contributed by atoms with Crippen LogP contribution in [-0.4, -0.2) is 34.3 Å². The highest BCUT2D eigenvalue weighted by Crippen LogP contribution is 2.43. The van der Waals surface area contributed by atoms with Crippen molar-refractivity contribution in [3.05, 3.63) is 83.4 Å². The van der Waals surface area contributed by atoms with Crippen LogP contribution in [0.25, 0.3) is 16.5 Å². The topological polar surface area (TPSA) is 66.8 Å². The number of carbonyl (C=O) groups excluding carboxylic acids is 2. The Kier molecular flexibility index (Phi) is 5.63. The molecule has 1 saturated carbocycles. The SMILES string of the molecule is CCOc1ccc(C2/C(=C(/O)c3ccc4ccccc4c3)C(=O)C(=O)N2C2CCCC2)cc1. The van der Waals surface area contributed by atoms with E-state index in [9.17, 15) is 14.7 Å². The predicted molar refractivity (Wildman–Crippen MR) is 128 cm³/mol. The number of hydrogen-bond donors (Lipinski definition) is 1. The van der Waals surface area contributed by atoms with Crippen LogP contribution in [0.4, 0.5) is 0 Å². The number of ether oxygens (including phenoxy) is 1. The summed E-state index contributed by atoms with van der Waals surface area (Å²) in [5.41, 5.74) is 1.49. The molecule has 3 aromatic rings. The average molecular weight is 442 g/mol. The van der Waals surface area contributed by atoms with E-state index < -0.39 is 17.7 Å². The molecule has 1 amide bonds. The summed E-state index contributed by atoms with van der Waals surface area (Å²) in [5.74, 6) is -0.540. The molecule has 0 radical (unpaired) electrons. The van der Waals surface area contributed by atoms with Gasteiger partial charge < -0.3 is 14.7 Å². The molecule has 168 valence electrons. The van der Waals surface area contributed by atoms with Gasteiger partial charge in [0, 0.05) is 11.6 Å². The Morgan fingerprint density at radius 2 is 1.67 bits per heavy atom. The third-order valence-electron chi connectivity index (χ3n) is 6.73. The zero-order chi connectivity index (χ0) is 22.9. The molecule has 33 heavy (non-hydrogen) atoms. The van der Waals surface area contributed by atoms with Gasteiger partial charge in [-0.25, -0.2) is 0 Å². The number of fused-ring (bicyclic) bond motifs is 1. The summed E-state index contributed by atoms with van der Waals surface area (Å²) in [7, 11) is 0. The van der Waals surface area contributed by atoms with Gasteiger partial charge in [-0.2, -0.15) is 0 Å². The van der Waals surface area contributed by atoms with E-state index in [2.05, 4.69) is 0 Å². The van der Waals surface area contributed by atoms with Crippen LogP contribution < -0.4 is 4.74 Å². The van der Waals surface area contributed by atoms with Gasteiger partial charge in [0.25, 0.3) is 11.7 Å². The number of Topliss-reactive ketones (excluding diaryl/α,β-unsaturated/α-hetero) is 1. The number of likely N-dealkylation sites (tertiary alicyclic amines) is 1. The fourth-order valence-electron chi connectivity index (χ4n) is 5.14. The van der Waals surface area contributed by atoms with Crippen molar-refractivity contribution in [2.24, 2.45) is 0 Å². The second-order valence-corrected chi connectivity index (χ2v) is 8.71. The smallest absolute Gasteiger partial charge is 0.295 e. The van der Waals surface area contributed by atoms with Gasteiger partial charge in [0.15, 0.2) is 0 Å². The van der Waals surface area contributed by atoms with Crippen molar-refractivity contribution in [1.29, 1.82) is 0 Å². The largest absolute Gasteiger partial charge is 0.507 e. The standard InChI is InChI=1S/C28H27NO4/c1-2-33-23-15-13-19(14-16-23)25-24(27(31)28(32)29(25)22-9-5-6-10-22)26(30)21-12-11-18-7-3-4-8-20(18)17-21/h3-4,7-8,11-17,22,25,30H,2,5-6,9-10H2,1H3/b26-24-. The molecule has 1 aliphatic carbocycles. The van der Waals surface area contributed by atoms with E-state index in [1.807, 2.05) is 67.6 Å². The van der Waals surface area contributed by atoms with E-state index in [-0.39, 0.29) is 17.4 Å². The Balaban J connectivity index is 1.65. The fraction of sp³-hybridized carbons (Fsp3) is 0.286. The Morgan fingerprint density at radius 3 is 2.36 bits per heavy atom. The zero-order valence-corrected chi connectivity index (χ0v) is 18.7. The first-order chi connectivity index (χ1) is 16.1. The lowest BCUT2D eigenvalue weighted by molar-refractivity contribution is -0.141. The maximum atomic E-state index is 13.3. The van der Waals surface area contributed by atoms with Crippen molar-refractivity contribution in [1.82, 2.24) is 4.90 Å². The highest BCUT2D eigenvalue weighted by atomic mass is 16.5. The molecule has 1 aliphatic heterocycles. The summed E-state index contributed by atoms with van der Waals surface area (Å²) < 4.78 is 5.57. The van der Waals surface area contributed by atoms with Crippen molar-refractivity contribution in [2.75, 3.05) is 6.61 Å². The minimum atomic E-state index is -0.619. The molecule has 1 unspecified atom stereocenters. The minimum Gasteiger partial charge on any atom is -0.507 e.